The van der Waals surface area contributed by atoms with Crippen LogP contribution in [-0.4, -0.2) is 31.6 Å². The maximum Gasteiger partial charge on any atom is 0.0174 e. The van der Waals surface area contributed by atoms with Crippen molar-refractivity contribution < 1.29 is 0 Å². The molecule has 0 aliphatic rings. The predicted molar refractivity (Wildman–Crippen MR) is 79.8 cm³/mol. The number of likely N-dealkylation sites (N-methyl/N-ethyl adjacent to an activating group) is 1. The van der Waals surface area contributed by atoms with Gasteiger partial charge in [0.2, 0.25) is 0 Å². The lowest BCUT2D eigenvalue weighted by Crippen LogP contribution is -2.43. The summed E-state index contributed by atoms with van der Waals surface area (Å²) >= 11 is 0. The van der Waals surface area contributed by atoms with Gasteiger partial charge in [0.15, 0.2) is 0 Å². The highest BCUT2D eigenvalue weighted by atomic mass is 15.1. The van der Waals surface area contributed by atoms with Gasteiger partial charge >= 0.3 is 0 Å². The highest BCUT2D eigenvalue weighted by molar-refractivity contribution is 5.25. The minimum atomic E-state index is 0.0486. The summed E-state index contributed by atoms with van der Waals surface area (Å²) in [5.74, 6) is 0.758. The van der Waals surface area contributed by atoms with Crippen molar-refractivity contribution in [2.45, 2.75) is 32.6 Å². The summed E-state index contributed by atoms with van der Waals surface area (Å²) in [5, 5.41) is 0. The SMILES string of the molecule is CC(C)CCN(C)CC(C)(CN)c1ccccc1. The Balaban J connectivity index is 2.65. The normalized spacial score (nSPS) is 15.1. The van der Waals surface area contributed by atoms with Crippen molar-refractivity contribution >= 4 is 0 Å². The zero-order chi connectivity index (χ0) is 13.6. The second-order valence-corrected chi connectivity index (χ2v) is 6.05. The van der Waals surface area contributed by atoms with Gasteiger partial charge in [-0.1, -0.05) is 51.1 Å². The van der Waals surface area contributed by atoms with Gasteiger partial charge in [-0.3, -0.25) is 0 Å². The van der Waals surface area contributed by atoms with E-state index in [4.69, 9.17) is 5.73 Å². The molecule has 0 fully saturated rings. The lowest BCUT2D eigenvalue weighted by Gasteiger charge is -2.33. The first-order valence-electron chi connectivity index (χ1n) is 6.92. The summed E-state index contributed by atoms with van der Waals surface area (Å²) in [4.78, 5) is 2.40. The molecule has 18 heavy (non-hydrogen) atoms. The zero-order valence-corrected chi connectivity index (χ0v) is 12.3. The second kappa shape index (κ2) is 6.91. The van der Waals surface area contributed by atoms with E-state index >= 15 is 0 Å². The lowest BCUT2D eigenvalue weighted by atomic mass is 9.82. The van der Waals surface area contributed by atoms with E-state index in [9.17, 15) is 0 Å². The number of hydrogen-bond acceptors (Lipinski definition) is 2. The van der Waals surface area contributed by atoms with Gasteiger partial charge in [-0.25, -0.2) is 0 Å². The highest BCUT2D eigenvalue weighted by Crippen LogP contribution is 2.23. The van der Waals surface area contributed by atoms with Crippen LogP contribution in [0.1, 0.15) is 32.8 Å². The minimum absolute atomic E-state index is 0.0486. The van der Waals surface area contributed by atoms with Crippen LogP contribution in [0.2, 0.25) is 0 Å². The summed E-state index contributed by atoms with van der Waals surface area (Å²) in [7, 11) is 2.19. The molecule has 0 bridgehead atoms. The summed E-state index contributed by atoms with van der Waals surface area (Å²) in [6, 6.07) is 10.6. The number of rotatable bonds is 7. The van der Waals surface area contributed by atoms with Crippen molar-refractivity contribution in [1.82, 2.24) is 4.90 Å². The largest absolute Gasteiger partial charge is 0.330 e. The van der Waals surface area contributed by atoms with Gasteiger partial charge in [-0.05, 0) is 31.5 Å². The molecular weight excluding hydrogens is 220 g/mol. The van der Waals surface area contributed by atoms with E-state index in [1.807, 2.05) is 0 Å². The van der Waals surface area contributed by atoms with E-state index in [1.165, 1.54) is 12.0 Å². The third-order valence-electron chi connectivity index (χ3n) is 3.63. The van der Waals surface area contributed by atoms with Crippen molar-refractivity contribution in [3.63, 3.8) is 0 Å². The maximum atomic E-state index is 6.02. The molecule has 0 aliphatic heterocycles. The van der Waals surface area contributed by atoms with E-state index in [-0.39, 0.29) is 5.41 Å². The molecule has 1 atom stereocenters. The van der Waals surface area contributed by atoms with E-state index < -0.39 is 0 Å². The molecule has 2 heteroatoms. The monoisotopic (exact) mass is 248 g/mol. The number of nitrogens with zero attached hydrogens (tertiary/aromatic N) is 1. The van der Waals surface area contributed by atoms with E-state index in [0.29, 0.717) is 6.54 Å². The topological polar surface area (TPSA) is 29.3 Å². The fraction of sp³-hybridized carbons (Fsp3) is 0.625. The predicted octanol–water partition coefficient (Wildman–Crippen LogP) is 2.88. The van der Waals surface area contributed by atoms with Crippen LogP contribution in [0.15, 0.2) is 30.3 Å². The Bertz CT molecular complexity index is 334. The quantitative estimate of drug-likeness (QED) is 0.804. The smallest absolute Gasteiger partial charge is 0.0174 e. The molecule has 0 amide bonds. The average Bonchev–Trinajstić information content (AvgIpc) is 2.37. The van der Waals surface area contributed by atoms with Gasteiger partial charge in [0.1, 0.15) is 0 Å². The molecule has 0 aliphatic carbocycles. The molecule has 0 heterocycles. The molecular formula is C16H28N2. The van der Waals surface area contributed by atoms with Gasteiger partial charge in [0, 0.05) is 18.5 Å². The number of hydrogen-bond donors (Lipinski definition) is 1. The summed E-state index contributed by atoms with van der Waals surface area (Å²) in [6.07, 6.45) is 1.24. The molecule has 0 spiro atoms. The molecule has 0 radical (unpaired) electrons. The molecule has 2 nitrogen and oxygen atoms in total. The van der Waals surface area contributed by atoms with Crippen LogP contribution < -0.4 is 5.73 Å². The standard InChI is InChI=1S/C16H28N2/c1-14(2)10-11-18(4)13-16(3,12-17)15-8-6-5-7-9-15/h5-9,14H,10-13,17H2,1-4H3. The average molecular weight is 248 g/mol. The van der Waals surface area contributed by atoms with Gasteiger partial charge in [0.25, 0.3) is 0 Å². The van der Waals surface area contributed by atoms with Gasteiger partial charge in [0.05, 0.1) is 0 Å². The second-order valence-electron chi connectivity index (χ2n) is 6.05. The number of nitrogens with two attached hydrogens (primary N) is 1. The van der Waals surface area contributed by atoms with Crippen LogP contribution in [0.4, 0.5) is 0 Å². The molecule has 102 valence electrons. The van der Waals surface area contributed by atoms with E-state index in [0.717, 1.165) is 19.0 Å². The summed E-state index contributed by atoms with van der Waals surface area (Å²) in [6.45, 7) is 9.64. The van der Waals surface area contributed by atoms with Gasteiger partial charge in [-0.15, -0.1) is 0 Å². The molecule has 1 unspecified atom stereocenters. The van der Waals surface area contributed by atoms with Crippen LogP contribution >= 0.6 is 0 Å². The Morgan fingerprint density at radius 2 is 1.83 bits per heavy atom. The Kier molecular flexibility index (Phi) is 5.83. The van der Waals surface area contributed by atoms with Gasteiger partial charge < -0.3 is 10.6 Å². The molecule has 1 aromatic carbocycles. The summed E-state index contributed by atoms with van der Waals surface area (Å²) < 4.78 is 0. The molecule has 0 aromatic heterocycles. The Labute approximate surface area is 112 Å². The van der Waals surface area contributed by atoms with E-state index in [1.54, 1.807) is 0 Å². The van der Waals surface area contributed by atoms with Crippen LogP contribution in [-0.2, 0) is 5.41 Å². The third-order valence-corrected chi connectivity index (χ3v) is 3.63. The van der Waals surface area contributed by atoms with Crippen LogP contribution in [0.25, 0.3) is 0 Å². The maximum absolute atomic E-state index is 6.02. The molecule has 0 saturated carbocycles. The Morgan fingerprint density at radius 1 is 1.22 bits per heavy atom. The Morgan fingerprint density at radius 3 is 2.33 bits per heavy atom. The number of benzene rings is 1. The fourth-order valence-corrected chi connectivity index (χ4v) is 2.27. The minimum Gasteiger partial charge on any atom is -0.330 e. The molecule has 2 N–H and O–H groups in total. The molecule has 0 saturated heterocycles. The first-order valence-corrected chi connectivity index (χ1v) is 6.92. The van der Waals surface area contributed by atoms with Crippen molar-refractivity contribution in [3.8, 4) is 0 Å². The molecule has 1 rings (SSSR count). The van der Waals surface area contributed by atoms with Gasteiger partial charge in [-0.2, -0.15) is 0 Å². The van der Waals surface area contributed by atoms with Crippen molar-refractivity contribution in [1.29, 1.82) is 0 Å². The van der Waals surface area contributed by atoms with Crippen LogP contribution in [0, 0.1) is 5.92 Å². The lowest BCUT2D eigenvalue weighted by molar-refractivity contribution is 0.247. The zero-order valence-electron chi connectivity index (χ0n) is 12.3. The first-order chi connectivity index (χ1) is 8.48. The van der Waals surface area contributed by atoms with Crippen LogP contribution in [0.5, 0.6) is 0 Å². The summed E-state index contributed by atoms with van der Waals surface area (Å²) in [5.41, 5.74) is 7.40. The van der Waals surface area contributed by atoms with Crippen molar-refractivity contribution in [3.05, 3.63) is 35.9 Å². The van der Waals surface area contributed by atoms with Crippen LogP contribution in [0.3, 0.4) is 0 Å². The van der Waals surface area contributed by atoms with E-state index in [2.05, 4.69) is 63.1 Å². The molecule has 1 aromatic rings. The third kappa shape index (κ3) is 4.43. The fourth-order valence-electron chi connectivity index (χ4n) is 2.27. The Hall–Kier alpha value is -0.860. The van der Waals surface area contributed by atoms with Crippen molar-refractivity contribution in [2.75, 3.05) is 26.7 Å². The van der Waals surface area contributed by atoms with Crippen molar-refractivity contribution in [2.24, 2.45) is 11.7 Å². The highest BCUT2D eigenvalue weighted by Gasteiger charge is 2.26. The first kappa shape index (κ1) is 15.2.